The molecule has 0 aromatic heterocycles. The van der Waals surface area contributed by atoms with Crippen LogP contribution in [0, 0.1) is 0 Å². The number of hydrogen-bond acceptors (Lipinski definition) is 8. The van der Waals surface area contributed by atoms with Gasteiger partial charge in [-0.2, -0.15) is 0 Å². The van der Waals surface area contributed by atoms with Gasteiger partial charge in [-0.1, -0.05) is 114 Å². The van der Waals surface area contributed by atoms with Crippen LogP contribution in [0.25, 0.3) is 0 Å². The summed E-state index contributed by atoms with van der Waals surface area (Å²) in [6.07, 6.45) is 14.1. The molecule has 0 aromatic carbocycles. The molecule has 0 spiro atoms. The van der Waals surface area contributed by atoms with Gasteiger partial charge in [0, 0.05) is 0 Å². The van der Waals surface area contributed by atoms with Crippen molar-refractivity contribution in [1.29, 1.82) is 0 Å². The first-order valence-electron chi connectivity index (χ1n) is 14.5. The van der Waals surface area contributed by atoms with Gasteiger partial charge in [0.15, 0.2) is 0 Å². The summed E-state index contributed by atoms with van der Waals surface area (Å²) in [5, 5.41) is 39.1. The largest absolute Gasteiger partial charge is 0.510 e. The zero-order valence-corrected chi connectivity index (χ0v) is 26.1. The van der Waals surface area contributed by atoms with Crippen LogP contribution in [-0.2, 0) is 9.59 Å². The van der Waals surface area contributed by atoms with E-state index in [0.29, 0.717) is 0 Å². The van der Waals surface area contributed by atoms with Crippen LogP contribution in [0.3, 0.4) is 0 Å². The van der Waals surface area contributed by atoms with Crippen LogP contribution in [0.15, 0.2) is 22.7 Å². The SMILES string of the molecule is CCCCCCCCC1(C)SC(=O)C(C(C)O)=C1O.CCCCCCCCC1(C)SC(=O)C(C(C)O)=C1O. The van der Waals surface area contributed by atoms with E-state index in [9.17, 15) is 30.0 Å². The van der Waals surface area contributed by atoms with E-state index in [4.69, 9.17) is 0 Å². The highest BCUT2D eigenvalue weighted by atomic mass is 32.2. The fourth-order valence-corrected chi connectivity index (χ4v) is 7.42. The Morgan fingerprint density at radius 3 is 1.16 bits per heavy atom. The monoisotopic (exact) mass is 572 g/mol. The van der Waals surface area contributed by atoms with E-state index >= 15 is 0 Å². The lowest BCUT2D eigenvalue weighted by atomic mass is 9.95. The van der Waals surface area contributed by atoms with Gasteiger partial charge in [-0.05, 0) is 40.5 Å². The van der Waals surface area contributed by atoms with E-state index < -0.39 is 21.7 Å². The first-order chi connectivity index (χ1) is 17.8. The third-order valence-corrected chi connectivity index (χ3v) is 9.94. The van der Waals surface area contributed by atoms with Crippen molar-refractivity contribution in [3.63, 3.8) is 0 Å². The molecule has 6 nitrogen and oxygen atoms in total. The number of rotatable bonds is 16. The summed E-state index contributed by atoms with van der Waals surface area (Å²) in [7, 11) is 0. The van der Waals surface area contributed by atoms with Crippen molar-refractivity contribution < 1.29 is 30.0 Å². The maximum atomic E-state index is 11.8. The highest BCUT2D eigenvalue weighted by molar-refractivity contribution is 8.16. The predicted octanol–water partition coefficient (Wildman–Crippen LogP) is 7.92. The van der Waals surface area contributed by atoms with Crippen LogP contribution >= 0.6 is 23.5 Å². The Balaban J connectivity index is 0.000000380. The number of aliphatic hydroxyl groups is 4. The number of carbonyl (C=O) groups is 2. The van der Waals surface area contributed by atoms with E-state index in [0.717, 1.165) is 62.0 Å². The van der Waals surface area contributed by atoms with Crippen molar-refractivity contribution in [2.24, 2.45) is 0 Å². The summed E-state index contributed by atoms with van der Waals surface area (Å²) < 4.78 is -1.07. The fraction of sp³-hybridized carbons (Fsp3) is 0.800. The molecule has 0 saturated carbocycles. The molecule has 2 aliphatic heterocycles. The Labute approximate surface area is 239 Å². The van der Waals surface area contributed by atoms with Gasteiger partial charge in [-0.15, -0.1) is 0 Å². The number of thioether (sulfide) groups is 2. The Morgan fingerprint density at radius 2 is 0.895 bits per heavy atom. The highest BCUT2D eigenvalue weighted by Crippen LogP contribution is 2.47. The van der Waals surface area contributed by atoms with Gasteiger partial charge in [-0.3, -0.25) is 9.59 Å². The molecular weight excluding hydrogens is 520 g/mol. The number of hydrogen-bond donors (Lipinski definition) is 4. The van der Waals surface area contributed by atoms with Crippen molar-refractivity contribution in [2.45, 2.75) is 153 Å². The molecule has 0 bridgehead atoms. The van der Waals surface area contributed by atoms with Gasteiger partial charge in [-0.25, -0.2) is 0 Å². The van der Waals surface area contributed by atoms with E-state index in [1.54, 1.807) is 0 Å². The molecular formula is C30H52O6S2. The van der Waals surface area contributed by atoms with Crippen molar-refractivity contribution in [3.8, 4) is 0 Å². The van der Waals surface area contributed by atoms with Crippen molar-refractivity contribution >= 4 is 33.8 Å². The Bertz CT molecular complexity index is 767. The Morgan fingerprint density at radius 1 is 0.605 bits per heavy atom. The molecule has 0 aliphatic carbocycles. The Hall–Kier alpha value is -0.960. The van der Waals surface area contributed by atoms with Gasteiger partial charge in [0.2, 0.25) is 10.2 Å². The molecule has 38 heavy (non-hydrogen) atoms. The maximum absolute atomic E-state index is 11.8. The lowest BCUT2D eigenvalue weighted by molar-refractivity contribution is -0.109. The van der Waals surface area contributed by atoms with Crippen molar-refractivity contribution in [3.05, 3.63) is 22.7 Å². The summed E-state index contributed by atoms with van der Waals surface area (Å²) in [6, 6.07) is 0. The van der Waals surface area contributed by atoms with Crippen LogP contribution in [0.4, 0.5) is 0 Å². The average Bonchev–Trinajstić information content (AvgIpc) is 3.20. The molecule has 8 heteroatoms. The second-order valence-electron chi connectivity index (χ2n) is 11.2. The number of carbonyl (C=O) groups excluding carboxylic acids is 2. The number of aliphatic hydroxyl groups excluding tert-OH is 4. The molecule has 0 radical (unpaired) electrons. The molecule has 2 aliphatic rings. The van der Waals surface area contributed by atoms with Crippen molar-refractivity contribution in [1.82, 2.24) is 0 Å². The molecule has 4 N–H and O–H groups in total. The van der Waals surface area contributed by atoms with E-state index in [1.807, 2.05) is 13.8 Å². The lowest BCUT2D eigenvalue weighted by Crippen LogP contribution is -2.21. The molecule has 0 saturated heterocycles. The zero-order chi connectivity index (χ0) is 28.9. The third-order valence-electron chi connectivity index (χ3n) is 7.44. The molecule has 0 fully saturated rings. The standard InChI is InChI=1S/2C15H26O3S/c2*1-4-5-6-7-8-9-10-15(3)13(17)12(11(2)16)14(18)19-15/h2*11,16-17H,4-10H2,1-3H3. The maximum Gasteiger partial charge on any atom is 0.222 e. The smallest absolute Gasteiger partial charge is 0.222 e. The average molecular weight is 573 g/mol. The molecule has 4 unspecified atom stereocenters. The molecule has 0 amide bonds. The fourth-order valence-electron chi connectivity index (χ4n) is 4.94. The second kappa shape index (κ2) is 17.0. The van der Waals surface area contributed by atoms with Crippen LogP contribution < -0.4 is 0 Å². The van der Waals surface area contributed by atoms with Gasteiger partial charge in [0.05, 0.1) is 32.8 Å². The highest BCUT2D eigenvalue weighted by Gasteiger charge is 2.45. The molecule has 0 aromatic rings. The van der Waals surface area contributed by atoms with Gasteiger partial charge in [0.1, 0.15) is 11.5 Å². The molecule has 4 atom stereocenters. The van der Waals surface area contributed by atoms with Crippen LogP contribution in [0.5, 0.6) is 0 Å². The minimum absolute atomic E-state index is 0.0889. The normalized spacial score (nSPS) is 25.2. The predicted molar refractivity (Wildman–Crippen MR) is 161 cm³/mol. The van der Waals surface area contributed by atoms with Gasteiger partial charge < -0.3 is 20.4 Å². The van der Waals surface area contributed by atoms with E-state index in [-0.39, 0.29) is 32.9 Å². The van der Waals surface area contributed by atoms with Crippen LogP contribution in [-0.4, -0.2) is 52.4 Å². The summed E-state index contributed by atoms with van der Waals surface area (Å²) in [4.78, 5) is 23.6. The van der Waals surface area contributed by atoms with Gasteiger partial charge >= 0.3 is 0 Å². The zero-order valence-electron chi connectivity index (χ0n) is 24.5. The first-order valence-corrected chi connectivity index (χ1v) is 16.2. The second-order valence-corrected chi connectivity index (χ2v) is 14.1. The first kappa shape index (κ1) is 35.1. The summed E-state index contributed by atoms with van der Waals surface area (Å²) >= 11 is 2.32. The molecule has 2 rings (SSSR count). The minimum Gasteiger partial charge on any atom is -0.510 e. The van der Waals surface area contributed by atoms with Crippen molar-refractivity contribution in [2.75, 3.05) is 0 Å². The number of unbranched alkanes of at least 4 members (excludes halogenated alkanes) is 10. The van der Waals surface area contributed by atoms with Crippen LogP contribution in [0.1, 0.15) is 131 Å². The third kappa shape index (κ3) is 10.2. The van der Waals surface area contributed by atoms with Gasteiger partial charge in [0.25, 0.3) is 0 Å². The quantitative estimate of drug-likeness (QED) is 0.138. The molecule has 220 valence electrons. The topological polar surface area (TPSA) is 115 Å². The summed E-state index contributed by atoms with van der Waals surface area (Å²) in [6.45, 7) is 11.2. The minimum atomic E-state index is -0.883. The van der Waals surface area contributed by atoms with Crippen LogP contribution in [0.2, 0.25) is 0 Å². The Kier molecular flexibility index (Phi) is 15.7. The van der Waals surface area contributed by atoms with E-state index in [2.05, 4.69) is 13.8 Å². The lowest BCUT2D eigenvalue weighted by Gasteiger charge is -2.22. The summed E-state index contributed by atoms with van der Waals surface area (Å²) in [5.41, 5.74) is 0.386. The summed E-state index contributed by atoms with van der Waals surface area (Å²) in [5.74, 6) is 0.178. The van der Waals surface area contributed by atoms with E-state index in [1.165, 1.54) is 65.2 Å². The molecule has 2 heterocycles.